The van der Waals surface area contributed by atoms with E-state index in [0.29, 0.717) is 24.3 Å². The van der Waals surface area contributed by atoms with Gasteiger partial charge < -0.3 is 4.90 Å². The Bertz CT molecular complexity index is 1050. The van der Waals surface area contributed by atoms with Crippen molar-refractivity contribution in [2.45, 2.75) is 83.6 Å². The van der Waals surface area contributed by atoms with Crippen LogP contribution in [0.25, 0.3) is 0 Å². The zero-order valence-corrected chi connectivity index (χ0v) is 21.6. The van der Waals surface area contributed by atoms with Crippen LogP contribution in [-0.2, 0) is 11.3 Å². The van der Waals surface area contributed by atoms with Gasteiger partial charge in [-0.15, -0.1) is 0 Å². The topological polar surface area (TPSA) is 20.3 Å². The van der Waals surface area contributed by atoms with Gasteiger partial charge in [-0.1, -0.05) is 98.7 Å². The van der Waals surface area contributed by atoms with E-state index in [1.807, 2.05) is 4.90 Å². The molecule has 4 rings (SSSR count). The molecule has 1 fully saturated rings. The van der Waals surface area contributed by atoms with Crippen molar-refractivity contribution >= 4 is 5.91 Å². The summed E-state index contributed by atoms with van der Waals surface area (Å²) in [4.78, 5) is 14.2. The normalized spacial score (nSPS) is 20.7. The van der Waals surface area contributed by atoms with E-state index < -0.39 is 0 Å². The lowest BCUT2D eigenvalue weighted by atomic mass is 9.70. The van der Waals surface area contributed by atoms with Gasteiger partial charge in [0.2, 0.25) is 5.91 Å². The van der Waals surface area contributed by atoms with Crippen molar-refractivity contribution in [2.75, 3.05) is 0 Å². The molecule has 0 bridgehead atoms. The van der Waals surface area contributed by atoms with Crippen LogP contribution in [0.1, 0.15) is 93.7 Å². The van der Waals surface area contributed by atoms with Crippen LogP contribution in [0.5, 0.6) is 0 Å². The Kier molecular flexibility index (Phi) is 8.79. The molecule has 2 nitrogen and oxygen atoms in total. The molecule has 0 radical (unpaired) electrons. The molecular formula is C33H41NO. The number of nitrogens with zero attached hydrogens (tertiary/aromatic N) is 1. The monoisotopic (exact) mass is 467 g/mol. The predicted octanol–water partition coefficient (Wildman–Crippen LogP) is 8.68. The quantitative estimate of drug-likeness (QED) is 0.338. The van der Waals surface area contributed by atoms with Gasteiger partial charge in [0.25, 0.3) is 0 Å². The van der Waals surface area contributed by atoms with Crippen LogP contribution in [-0.4, -0.2) is 10.8 Å². The van der Waals surface area contributed by atoms with E-state index in [9.17, 15) is 4.79 Å². The number of hydrogen-bond donors (Lipinski definition) is 0. The van der Waals surface area contributed by atoms with Crippen molar-refractivity contribution in [3.8, 4) is 0 Å². The first-order valence-corrected chi connectivity index (χ1v) is 13.5. The first kappa shape index (κ1) is 25.2. The summed E-state index contributed by atoms with van der Waals surface area (Å²) in [6, 6.07) is 20.0. The minimum Gasteiger partial charge on any atom is -0.309 e. The molecule has 2 heteroatoms. The maximum atomic E-state index is 12.3. The number of carbonyl (C=O) groups is 1. The second kappa shape index (κ2) is 12.2. The Labute approximate surface area is 212 Å². The highest BCUT2D eigenvalue weighted by molar-refractivity contribution is 5.76. The van der Waals surface area contributed by atoms with E-state index in [-0.39, 0.29) is 5.91 Å². The number of benzene rings is 2. The van der Waals surface area contributed by atoms with E-state index in [1.165, 1.54) is 47.9 Å². The largest absolute Gasteiger partial charge is 0.309 e. The number of carbonyl (C=O) groups excluding carboxylic acids is 1. The molecule has 2 aromatic carbocycles. The zero-order chi connectivity index (χ0) is 24.6. The lowest BCUT2D eigenvalue weighted by Crippen LogP contribution is -2.27. The molecule has 1 saturated carbocycles. The van der Waals surface area contributed by atoms with Gasteiger partial charge >= 0.3 is 0 Å². The van der Waals surface area contributed by atoms with Gasteiger partial charge in [-0.25, -0.2) is 0 Å². The fraction of sp³-hybridized carbons (Fsp3) is 0.424. The van der Waals surface area contributed by atoms with Crippen molar-refractivity contribution in [3.05, 3.63) is 107 Å². The van der Waals surface area contributed by atoms with E-state index in [0.717, 1.165) is 31.4 Å². The second-order valence-corrected chi connectivity index (χ2v) is 10.3. The Morgan fingerprint density at radius 3 is 2.43 bits per heavy atom. The van der Waals surface area contributed by atoms with Crippen molar-refractivity contribution < 1.29 is 4.79 Å². The Hall–Kier alpha value is -2.87. The highest BCUT2D eigenvalue weighted by Crippen LogP contribution is 2.44. The zero-order valence-electron chi connectivity index (χ0n) is 21.6. The molecule has 0 aromatic heterocycles. The van der Waals surface area contributed by atoms with Crippen LogP contribution in [0.2, 0.25) is 0 Å². The third-order valence-corrected chi connectivity index (χ3v) is 7.98. The summed E-state index contributed by atoms with van der Waals surface area (Å²) in [5, 5.41) is 0. The van der Waals surface area contributed by atoms with Gasteiger partial charge in [0.15, 0.2) is 0 Å². The van der Waals surface area contributed by atoms with Gasteiger partial charge in [0.05, 0.1) is 6.54 Å². The lowest BCUT2D eigenvalue weighted by Gasteiger charge is -2.35. The Balaban J connectivity index is 1.46. The van der Waals surface area contributed by atoms with Gasteiger partial charge in [-0.3, -0.25) is 4.79 Å². The average molecular weight is 468 g/mol. The van der Waals surface area contributed by atoms with Gasteiger partial charge in [-0.2, -0.15) is 0 Å². The lowest BCUT2D eigenvalue weighted by molar-refractivity contribution is -0.127. The van der Waals surface area contributed by atoms with Crippen LogP contribution >= 0.6 is 0 Å². The molecule has 0 heterocycles. The van der Waals surface area contributed by atoms with Gasteiger partial charge in [0.1, 0.15) is 0 Å². The van der Waals surface area contributed by atoms with Crippen LogP contribution in [0.4, 0.5) is 0 Å². The fourth-order valence-corrected chi connectivity index (χ4v) is 5.95. The first-order valence-electron chi connectivity index (χ1n) is 13.5. The molecule has 2 aliphatic carbocycles. The molecule has 0 N–H and O–H groups in total. The van der Waals surface area contributed by atoms with Gasteiger partial charge in [0, 0.05) is 12.6 Å². The van der Waals surface area contributed by atoms with Crippen molar-refractivity contribution in [1.29, 1.82) is 0 Å². The minimum absolute atomic E-state index is 0.0967. The SMILES string of the molecule is C=C(C[C@@H](CC)c1ccccc1)C1CCCC[C@H]1c1ccc(CN(C(C)=O)C2=CCCC=C2)cc1. The highest BCUT2D eigenvalue weighted by Gasteiger charge is 2.29. The molecule has 0 spiro atoms. The number of rotatable bonds is 9. The molecule has 184 valence electrons. The summed E-state index contributed by atoms with van der Waals surface area (Å²) in [6.45, 7) is 9.22. The standard InChI is InChI=1S/C33H41NO/c1-4-28(29-13-7-5-8-14-29)23-25(2)32-17-11-12-18-33(32)30-21-19-27(20-22-30)24-34(26(3)35)31-15-9-6-10-16-31/h5,7-9,13-16,19-22,28,32-33H,2,4,6,10-12,17-18,23-24H2,1,3H3/t28-,32?,33+/m1/s1. The Morgan fingerprint density at radius 1 is 1.03 bits per heavy atom. The third kappa shape index (κ3) is 6.42. The van der Waals surface area contributed by atoms with Crippen LogP contribution in [0.3, 0.4) is 0 Å². The second-order valence-electron chi connectivity index (χ2n) is 10.3. The van der Waals surface area contributed by atoms with E-state index in [1.54, 1.807) is 6.92 Å². The summed E-state index contributed by atoms with van der Waals surface area (Å²) in [5.74, 6) is 1.75. The summed E-state index contributed by atoms with van der Waals surface area (Å²) < 4.78 is 0. The molecular weight excluding hydrogens is 426 g/mol. The number of hydrogen-bond acceptors (Lipinski definition) is 1. The highest BCUT2D eigenvalue weighted by atomic mass is 16.2. The molecule has 35 heavy (non-hydrogen) atoms. The molecule has 3 atom stereocenters. The van der Waals surface area contributed by atoms with E-state index in [4.69, 9.17) is 0 Å². The summed E-state index contributed by atoms with van der Waals surface area (Å²) >= 11 is 0. The third-order valence-electron chi connectivity index (χ3n) is 7.98. The molecule has 1 amide bonds. The maximum absolute atomic E-state index is 12.3. The first-order chi connectivity index (χ1) is 17.1. The van der Waals surface area contributed by atoms with E-state index >= 15 is 0 Å². The molecule has 0 saturated heterocycles. The van der Waals surface area contributed by atoms with Crippen LogP contribution < -0.4 is 0 Å². The van der Waals surface area contributed by atoms with Crippen molar-refractivity contribution in [2.24, 2.45) is 5.92 Å². The molecule has 2 aromatic rings. The molecule has 1 unspecified atom stereocenters. The van der Waals surface area contributed by atoms with E-state index in [2.05, 4.69) is 86.3 Å². The smallest absolute Gasteiger partial charge is 0.224 e. The van der Waals surface area contributed by atoms with Crippen LogP contribution in [0.15, 0.2) is 90.7 Å². The predicted molar refractivity (Wildman–Crippen MR) is 147 cm³/mol. The summed E-state index contributed by atoms with van der Waals surface area (Å²) in [7, 11) is 0. The minimum atomic E-state index is 0.0967. The fourth-order valence-electron chi connectivity index (χ4n) is 5.95. The molecule has 2 aliphatic rings. The van der Waals surface area contributed by atoms with Crippen molar-refractivity contribution in [3.63, 3.8) is 0 Å². The summed E-state index contributed by atoms with van der Waals surface area (Å²) in [5.41, 5.74) is 6.50. The molecule has 0 aliphatic heterocycles. The summed E-state index contributed by atoms with van der Waals surface area (Å²) in [6.07, 6.45) is 15.8. The van der Waals surface area contributed by atoms with Gasteiger partial charge in [-0.05, 0) is 79.0 Å². The number of allylic oxidation sites excluding steroid dienone is 4. The average Bonchev–Trinajstić information content (AvgIpc) is 2.91. The number of amides is 1. The van der Waals surface area contributed by atoms with Crippen molar-refractivity contribution in [1.82, 2.24) is 4.90 Å². The van der Waals surface area contributed by atoms with Crippen LogP contribution in [0, 0.1) is 5.92 Å². The Morgan fingerprint density at radius 2 is 1.77 bits per heavy atom. The maximum Gasteiger partial charge on any atom is 0.224 e.